The van der Waals surface area contributed by atoms with Crippen LogP contribution in [-0.4, -0.2) is 30.9 Å². The van der Waals surface area contributed by atoms with E-state index < -0.39 is 12.1 Å². The van der Waals surface area contributed by atoms with Gasteiger partial charge < -0.3 is 14.6 Å². The molecule has 4 heteroatoms. The number of ether oxygens (including phenoxy) is 2. The highest BCUT2D eigenvalue weighted by Gasteiger charge is 2.14. The number of hydrogen-bond acceptors (Lipinski definition) is 4. The highest BCUT2D eigenvalue weighted by molar-refractivity contribution is 5.74. The molecule has 94 valence electrons. The van der Waals surface area contributed by atoms with Gasteiger partial charge in [0.1, 0.15) is 5.75 Å². The van der Waals surface area contributed by atoms with Crippen LogP contribution in [0.2, 0.25) is 0 Å². The number of aryl methyl sites for hydroxylation is 1. The first kappa shape index (κ1) is 13.5. The van der Waals surface area contributed by atoms with E-state index >= 15 is 0 Å². The van der Waals surface area contributed by atoms with E-state index in [0.29, 0.717) is 5.75 Å². The fourth-order valence-electron chi connectivity index (χ4n) is 1.48. The van der Waals surface area contributed by atoms with Crippen molar-refractivity contribution in [2.75, 3.05) is 13.7 Å². The van der Waals surface area contributed by atoms with Crippen molar-refractivity contribution in [3.05, 3.63) is 29.8 Å². The van der Waals surface area contributed by atoms with Crippen LogP contribution in [0, 0.1) is 0 Å². The monoisotopic (exact) mass is 238 g/mol. The fourth-order valence-corrected chi connectivity index (χ4v) is 1.48. The van der Waals surface area contributed by atoms with Crippen molar-refractivity contribution in [2.45, 2.75) is 25.9 Å². The van der Waals surface area contributed by atoms with Crippen LogP contribution in [0.1, 0.15) is 18.9 Å². The van der Waals surface area contributed by atoms with Crippen LogP contribution >= 0.6 is 0 Å². The molecule has 0 aliphatic rings. The first-order chi connectivity index (χ1) is 8.17. The van der Waals surface area contributed by atoms with Crippen LogP contribution in [0.5, 0.6) is 5.75 Å². The summed E-state index contributed by atoms with van der Waals surface area (Å²) in [6.45, 7) is 1.82. The molecule has 4 nitrogen and oxygen atoms in total. The molecule has 1 aromatic carbocycles. The minimum absolute atomic E-state index is 0.170. The molecule has 0 saturated carbocycles. The molecule has 1 atom stereocenters. The average molecular weight is 238 g/mol. The molecule has 0 radical (unpaired) electrons. The summed E-state index contributed by atoms with van der Waals surface area (Å²) in [6.07, 6.45) is 0.893. The van der Waals surface area contributed by atoms with E-state index in [0.717, 1.165) is 18.4 Å². The third kappa shape index (κ3) is 4.44. The molecule has 1 N–H and O–H groups in total. The second kappa shape index (κ2) is 6.91. The zero-order valence-corrected chi connectivity index (χ0v) is 10.2. The number of benzene rings is 1. The summed E-state index contributed by atoms with van der Waals surface area (Å²) >= 11 is 0. The molecule has 0 spiro atoms. The molecular formula is C13H18O4. The molecule has 0 unspecified atom stereocenters. The first-order valence-electron chi connectivity index (χ1n) is 5.61. The Morgan fingerprint density at radius 1 is 1.47 bits per heavy atom. The van der Waals surface area contributed by atoms with Crippen LogP contribution in [0.15, 0.2) is 24.3 Å². The Kier molecular flexibility index (Phi) is 5.49. The highest BCUT2D eigenvalue weighted by atomic mass is 16.6. The van der Waals surface area contributed by atoms with E-state index in [2.05, 4.69) is 4.74 Å². The van der Waals surface area contributed by atoms with Crippen molar-refractivity contribution < 1.29 is 19.4 Å². The third-order valence-corrected chi connectivity index (χ3v) is 2.37. The van der Waals surface area contributed by atoms with Gasteiger partial charge in [0.05, 0.1) is 7.11 Å². The zero-order chi connectivity index (χ0) is 12.7. The maximum absolute atomic E-state index is 11.2. The molecule has 0 saturated heterocycles. The van der Waals surface area contributed by atoms with E-state index in [4.69, 9.17) is 9.84 Å². The van der Waals surface area contributed by atoms with Gasteiger partial charge in [-0.05, 0) is 37.5 Å². The summed E-state index contributed by atoms with van der Waals surface area (Å²) < 4.78 is 10.0. The molecule has 0 aliphatic heterocycles. The summed E-state index contributed by atoms with van der Waals surface area (Å²) in [5.41, 5.74) is 1.08. The molecule has 0 bridgehead atoms. The van der Waals surface area contributed by atoms with Crippen LogP contribution in [-0.2, 0) is 16.0 Å². The van der Waals surface area contributed by atoms with Crippen LogP contribution < -0.4 is 4.74 Å². The van der Waals surface area contributed by atoms with E-state index in [1.54, 1.807) is 13.0 Å². The van der Waals surface area contributed by atoms with Crippen molar-refractivity contribution in [1.29, 1.82) is 0 Å². The number of hydrogen-bond donors (Lipinski definition) is 1. The van der Waals surface area contributed by atoms with Gasteiger partial charge in [0.2, 0.25) is 0 Å². The Balaban J connectivity index is 2.62. The zero-order valence-electron chi connectivity index (χ0n) is 10.2. The quantitative estimate of drug-likeness (QED) is 0.764. The molecule has 1 aromatic rings. The Bertz CT molecular complexity index is 362. The second-order valence-electron chi connectivity index (χ2n) is 3.76. The summed E-state index contributed by atoms with van der Waals surface area (Å²) in [7, 11) is 1.33. The third-order valence-electron chi connectivity index (χ3n) is 2.37. The molecule has 0 fully saturated rings. The van der Waals surface area contributed by atoms with Gasteiger partial charge in [-0.3, -0.25) is 0 Å². The van der Waals surface area contributed by atoms with E-state index in [9.17, 15) is 4.79 Å². The van der Waals surface area contributed by atoms with Crippen LogP contribution in [0.25, 0.3) is 0 Å². The van der Waals surface area contributed by atoms with Gasteiger partial charge in [-0.15, -0.1) is 0 Å². The number of methoxy groups -OCH3 is 1. The van der Waals surface area contributed by atoms with Crippen molar-refractivity contribution in [3.63, 3.8) is 0 Å². The molecule has 0 heterocycles. The lowest BCUT2D eigenvalue weighted by molar-refractivity contribution is -0.147. The topological polar surface area (TPSA) is 55.8 Å². The molecule has 0 amide bonds. The van der Waals surface area contributed by atoms with Gasteiger partial charge in [-0.25, -0.2) is 4.79 Å². The largest absolute Gasteiger partial charge is 0.479 e. The standard InChI is InChI=1S/C13H18O4/c1-10(13(15)16-2)17-12-7-3-5-11(9-12)6-4-8-14/h3,5,7,9-10,14H,4,6,8H2,1-2H3/t10-/m1/s1. The number of aliphatic hydroxyl groups is 1. The van der Waals surface area contributed by atoms with Crippen LogP contribution in [0.4, 0.5) is 0 Å². The fraction of sp³-hybridized carbons (Fsp3) is 0.462. The molecule has 17 heavy (non-hydrogen) atoms. The van der Waals surface area contributed by atoms with Gasteiger partial charge in [0.25, 0.3) is 0 Å². The van der Waals surface area contributed by atoms with Crippen molar-refractivity contribution in [3.8, 4) is 5.75 Å². The number of rotatable bonds is 6. The maximum Gasteiger partial charge on any atom is 0.346 e. The summed E-state index contributed by atoms with van der Waals surface area (Å²) in [6, 6.07) is 7.49. The van der Waals surface area contributed by atoms with Gasteiger partial charge in [-0.1, -0.05) is 12.1 Å². The Morgan fingerprint density at radius 3 is 2.88 bits per heavy atom. The Hall–Kier alpha value is -1.55. The smallest absolute Gasteiger partial charge is 0.346 e. The minimum Gasteiger partial charge on any atom is -0.479 e. The normalized spacial score (nSPS) is 11.9. The van der Waals surface area contributed by atoms with Gasteiger partial charge >= 0.3 is 5.97 Å². The molecule has 1 rings (SSSR count). The lowest BCUT2D eigenvalue weighted by Gasteiger charge is -2.13. The van der Waals surface area contributed by atoms with Crippen molar-refractivity contribution >= 4 is 5.97 Å². The van der Waals surface area contributed by atoms with E-state index in [1.807, 2.05) is 18.2 Å². The predicted octanol–water partition coefficient (Wildman–Crippen LogP) is 1.55. The molecule has 0 aliphatic carbocycles. The average Bonchev–Trinajstić information content (AvgIpc) is 2.35. The number of esters is 1. The lowest BCUT2D eigenvalue weighted by atomic mass is 10.1. The van der Waals surface area contributed by atoms with E-state index in [-0.39, 0.29) is 6.61 Å². The summed E-state index contributed by atoms with van der Waals surface area (Å²) in [4.78, 5) is 11.2. The first-order valence-corrected chi connectivity index (χ1v) is 5.61. The maximum atomic E-state index is 11.2. The predicted molar refractivity (Wildman–Crippen MR) is 64.0 cm³/mol. The van der Waals surface area contributed by atoms with Crippen LogP contribution in [0.3, 0.4) is 0 Å². The SMILES string of the molecule is COC(=O)[C@@H](C)Oc1cccc(CCCO)c1. The number of carbonyl (C=O) groups excluding carboxylic acids is 1. The number of carbonyl (C=O) groups is 1. The molecule has 0 aromatic heterocycles. The van der Waals surface area contributed by atoms with Crippen molar-refractivity contribution in [2.24, 2.45) is 0 Å². The Labute approximate surface area is 101 Å². The number of aliphatic hydroxyl groups excluding tert-OH is 1. The second-order valence-corrected chi connectivity index (χ2v) is 3.76. The summed E-state index contributed by atoms with van der Waals surface area (Å²) in [5, 5.41) is 8.75. The summed E-state index contributed by atoms with van der Waals surface area (Å²) in [5.74, 6) is 0.240. The molecular weight excluding hydrogens is 220 g/mol. The Morgan fingerprint density at radius 2 is 2.24 bits per heavy atom. The van der Waals surface area contributed by atoms with Gasteiger partial charge in [0, 0.05) is 6.61 Å². The van der Waals surface area contributed by atoms with Gasteiger partial charge in [-0.2, -0.15) is 0 Å². The highest BCUT2D eigenvalue weighted by Crippen LogP contribution is 2.16. The lowest BCUT2D eigenvalue weighted by Crippen LogP contribution is -2.24. The van der Waals surface area contributed by atoms with E-state index in [1.165, 1.54) is 7.11 Å². The van der Waals surface area contributed by atoms with Crippen molar-refractivity contribution in [1.82, 2.24) is 0 Å². The van der Waals surface area contributed by atoms with Gasteiger partial charge in [0.15, 0.2) is 6.10 Å². The minimum atomic E-state index is -0.618.